The molecule has 0 atom stereocenters. The summed E-state index contributed by atoms with van der Waals surface area (Å²) in [5.41, 5.74) is -0.0279. The highest BCUT2D eigenvalue weighted by atomic mass is 16.5. The summed E-state index contributed by atoms with van der Waals surface area (Å²) in [7, 11) is 3.40. The highest BCUT2D eigenvalue weighted by Gasteiger charge is 2.22. The van der Waals surface area contributed by atoms with Gasteiger partial charge in [0.2, 0.25) is 0 Å². The molecule has 0 aromatic carbocycles. The van der Waals surface area contributed by atoms with Crippen LogP contribution in [-0.4, -0.2) is 24.1 Å². The molecule has 0 aliphatic heterocycles. The molecule has 0 saturated carbocycles. The van der Waals surface area contributed by atoms with Crippen LogP contribution in [-0.2, 0) is 16.9 Å². The highest BCUT2D eigenvalue weighted by Crippen LogP contribution is 2.18. The van der Waals surface area contributed by atoms with Crippen LogP contribution in [0.5, 0.6) is 0 Å². The largest absolute Gasteiger partial charge is 0.371 e. The molecule has 0 amide bonds. The van der Waals surface area contributed by atoms with Gasteiger partial charge in [0.05, 0.1) is 5.69 Å². The number of nitrogens with one attached hydrogen (secondary N) is 2. The van der Waals surface area contributed by atoms with Gasteiger partial charge in [0.15, 0.2) is 0 Å². The Hall–Kier alpha value is -1.20. The van der Waals surface area contributed by atoms with Crippen molar-refractivity contribution >= 4 is 0 Å². The zero-order valence-electron chi connectivity index (χ0n) is 9.55. The van der Waals surface area contributed by atoms with Crippen LogP contribution in [0.2, 0.25) is 0 Å². The van der Waals surface area contributed by atoms with Gasteiger partial charge in [-0.15, -0.1) is 0 Å². The SMILES string of the molecule is CNCc1cc(=O)[nH]c(C(C)(C)OC)n1. The fourth-order valence-corrected chi connectivity index (χ4v) is 1.16. The molecule has 0 aliphatic rings. The number of hydrogen-bond donors (Lipinski definition) is 2. The second kappa shape index (κ2) is 4.55. The van der Waals surface area contributed by atoms with E-state index in [1.54, 1.807) is 7.11 Å². The molecule has 0 aliphatic carbocycles. The van der Waals surface area contributed by atoms with Gasteiger partial charge >= 0.3 is 0 Å². The lowest BCUT2D eigenvalue weighted by molar-refractivity contribution is 0.0110. The molecule has 0 bridgehead atoms. The minimum atomic E-state index is -0.580. The van der Waals surface area contributed by atoms with Crippen molar-refractivity contribution in [3.63, 3.8) is 0 Å². The first-order chi connectivity index (χ1) is 6.99. The Bertz CT molecular complexity index is 384. The standard InChI is InChI=1S/C10H17N3O2/c1-10(2,15-4)9-12-7(6-11-3)5-8(14)13-9/h5,11H,6H2,1-4H3,(H,12,13,14). The summed E-state index contributed by atoms with van der Waals surface area (Å²) in [5.74, 6) is 0.544. The Morgan fingerprint density at radius 1 is 1.60 bits per heavy atom. The quantitative estimate of drug-likeness (QED) is 0.755. The third kappa shape index (κ3) is 2.87. The Morgan fingerprint density at radius 3 is 2.80 bits per heavy atom. The third-order valence-electron chi connectivity index (χ3n) is 2.23. The van der Waals surface area contributed by atoms with Crippen molar-refractivity contribution in [2.45, 2.75) is 26.0 Å². The smallest absolute Gasteiger partial charge is 0.251 e. The van der Waals surface area contributed by atoms with Gasteiger partial charge < -0.3 is 15.0 Å². The van der Waals surface area contributed by atoms with E-state index in [2.05, 4.69) is 15.3 Å². The normalized spacial score (nSPS) is 11.7. The van der Waals surface area contributed by atoms with E-state index in [0.717, 1.165) is 0 Å². The lowest BCUT2D eigenvalue weighted by Crippen LogP contribution is -2.28. The molecular formula is C10H17N3O2. The topological polar surface area (TPSA) is 67.0 Å². The molecule has 1 aromatic rings. The molecule has 15 heavy (non-hydrogen) atoms. The summed E-state index contributed by atoms with van der Waals surface area (Å²) in [4.78, 5) is 18.4. The van der Waals surface area contributed by atoms with E-state index in [4.69, 9.17) is 4.74 Å². The van der Waals surface area contributed by atoms with Crippen LogP contribution in [0, 0.1) is 0 Å². The van der Waals surface area contributed by atoms with Crippen molar-refractivity contribution in [2.75, 3.05) is 14.2 Å². The molecule has 1 aromatic heterocycles. The van der Waals surface area contributed by atoms with Gasteiger partial charge in [-0.2, -0.15) is 0 Å². The van der Waals surface area contributed by atoms with Gasteiger partial charge in [0.25, 0.3) is 5.56 Å². The van der Waals surface area contributed by atoms with Crippen molar-refractivity contribution in [1.29, 1.82) is 0 Å². The van der Waals surface area contributed by atoms with Crippen LogP contribution in [0.4, 0.5) is 0 Å². The van der Waals surface area contributed by atoms with Crippen molar-refractivity contribution in [1.82, 2.24) is 15.3 Å². The Balaban J connectivity index is 3.14. The summed E-state index contributed by atoms with van der Waals surface area (Å²) in [6, 6.07) is 1.48. The lowest BCUT2D eigenvalue weighted by Gasteiger charge is -2.21. The van der Waals surface area contributed by atoms with E-state index in [-0.39, 0.29) is 5.56 Å². The maximum absolute atomic E-state index is 11.4. The molecule has 2 N–H and O–H groups in total. The second-order valence-corrected chi connectivity index (χ2v) is 3.83. The molecule has 1 heterocycles. The van der Waals surface area contributed by atoms with Gasteiger partial charge in [0.1, 0.15) is 11.4 Å². The van der Waals surface area contributed by atoms with E-state index >= 15 is 0 Å². The van der Waals surface area contributed by atoms with Crippen LogP contribution >= 0.6 is 0 Å². The Morgan fingerprint density at radius 2 is 2.27 bits per heavy atom. The summed E-state index contributed by atoms with van der Waals surface area (Å²) < 4.78 is 5.26. The molecule has 0 radical (unpaired) electrons. The number of rotatable bonds is 4. The van der Waals surface area contributed by atoms with E-state index in [1.807, 2.05) is 20.9 Å². The maximum atomic E-state index is 11.4. The van der Waals surface area contributed by atoms with Crippen molar-refractivity contribution < 1.29 is 4.74 Å². The molecule has 84 valence electrons. The summed E-state index contributed by atoms with van der Waals surface area (Å²) in [5, 5.41) is 2.95. The van der Waals surface area contributed by atoms with Gasteiger partial charge in [-0.25, -0.2) is 4.98 Å². The van der Waals surface area contributed by atoms with Gasteiger partial charge in [-0.3, -0.25) is 4.79 Å². The molecule has 1 rings (SSSR count). The van der Waals surface area contributed by atoms with Crippen LogP contribution in [0.3, 0.4) is 0 Å². The minimum absolute atomic E-state index is 0.157. The van der Waals surface area contributed by atoms with Gasteiger partial charge in [-0.05, 0) is 20.9 Å². The number of methoxy groups -OCH3 is 1. The highest BCUT2D eigenvalue weighted by molar-refractivity contribution is 5.07. The zero-order valence-corrected chi connectivity index (χ0v) is 9.55. The van der Waals surface area contributed by atoms with Crippen LogP contribution < -0.4 is 10.9 Å². The first-order valence-electron chi connectivity index (χ1n) is 4.80. The summed E-state index contributed by atoms with van der Waals surface area (Å²) >= 11 is 0. The van der Waals surface area contributed by atoms with Crippen molar-refractivity contribution in [3.05, 3.63) is 27.9 Å². The molecule has 0 unspecified atom stereocenters. The molecule has 5 nitrogen and oxygen atoms in total. The zero-order chi connectivity index (χ0) is 11.5. The predicted octanol–water partition coefficient (Wildman–Crippen LogP) is 0.371. The van der Waals surface area contributed by atoms with Gasteiger partial charge in [0, 0.05) is 19.7 Å². The fourth-order valence-electron chi connectivity index (χ4n) is 1.16. The third-order valence-corrected chi connectivity index (χ3v) is 2.23. The van der Waals surface area contributed by atoms with Crippen molar-refractivity contribution in [3.8, 4) is 0 Å². The first-order valence-corrected chi connectivity index (χ1v) is 4.80. The number of hydrogen-bond acceptors (Lipinski definition) is 4. The van der Waals surface area contributed by atoms with Gasteiger partial charge in [-0.1, -0.05) is 0 Å². The number of aromatic nitrogens is 2. The number of ether oxygens (including phenoxy) is 1. The lowest BCUT2D eigenvalue weighted by atomic mass is 10.1. The Kier molecular flexibility index (Phi) is 3.60. The predicted molar refractivity (Wildman–Crippen MR) is 57.7 cm³/mol. The van der Waals surface area contributed by atoms with Crippen LogP contribution in [0.15, 0.2) is 10.9 Å². The summed E-state index contributed by atoms with van der Waals surface area (Å²) in [6.07, 6.45) is 0. The molecule has 0 fully saturated rings. The fraction of sp³-hybridized carbons (Fsp3) is 0.600. The number of nitrogens with zero attached hydrogens (tertiary/aromatic N) is 1. The van der Waals surface area contributed by atoms with Crippen LogP contribution in [0.1, 0.15) is 25.4 Å². The second-order valence-electron chi connectivity index (χ2n) is 3.83. The number of H-pyrrole nitrogens is 1. The molecule has 0 saturated heterocycles. The van der Waals surface area contributed by atoms with E-state index in [9.17, 15) is 4.79 Å². The monoisotopic (exact) mass is 211 g/mol. The number of aromatic amines is 1. The van der Waals surface area contributed by atoms with E-state index in [0.29, 0.717) is 18.1 Å². The Labute approximate surface area is 88.9 Å². The van der Waals surface area contributed by atoms with Crippen molar-refractivity contribution in [2.24, 2.45) is 0 Å². The summed E-state index contributed by atoms with van der Waals surface area (Å²) in [6.45, 7) is 4.28. The van der Waals surface area contributed by atoms with Crippen LogP contribution in [0.25, 0.3) is 0 Å². The maximum Gasteiger partial charge on any atom is 0.251 e. The van der Waals surface area contributed by atoms with E-state index < -0.39 is 5.60 Å². The molecule has 5 heteroatoms. The molecular weight excluding hydrogens is 194 g/mol. The van der Waals surface area contributed by atoms with E-state index in [1.165, 1.54) is 6.07 Å². The minimum Gasteiger partial charge on any atom is -0.371 e. The molecule has 0 spiro atoms. The first kappa shape index (κ1) is 11.9. The average molecular weight is 211 g/mol. The average Bonchev–Trinajstić information content (AvgIpc) is 2.17.